The SMILES string of the molecule is Cn1c2c3c(ccc2c(=O)c2c(O)cc4c(c21)C=CC(C)(C)O4)O[C@@](C)(/C=C\c1c(O)cc(O)c2c(=O)c4cccc(O)c4n(C)c12)CO3. The monoisotopic (exact) mass is 660 g/mol. The number of fused-ring (bicyclic) bond motifs is 8. The Kier molecular flexibility index (Phi) is 6.15. The lowest BCUT2D eigenvalue weighted by atomic mass is 9.97. The summed E-state index contributed by atoms with van der Waals surface area (Å²) in [7, 11) is 3.43. The molecule has 49 heavy (non-hydrogen) atoms. The maximum absolute atomic E-state index is 13.8. The number of ether oxygens (including phenoxy) is 3. The average molecular weight is 661 g/mol. The standard InChI is InChI=1S/C38H32N2O9/c1-37(2)13-11-19-27(48-37)16-25(44)29-32(19)40(5)33-21(35(29)46)9-10-26-36(33)47-17-38(3,49-26)14-12-18-23(42)15-24(43)28-31(18)39(4)30-20(34(28)45)7-6-8-22(30)41/h6-16,41-44H,17H2,1-5H3/b14-12-/t38-/m0/s1. The first-order chi connectivity index (χ1) is 23.2. The number of phenols is 4. The number of benzene rings is 4. The second-order valence-electron chi connectivity index (χ2n) is 13.4. The van der Waals surface area contributed by atoms with Crippen molar-refractivity contribution in [2.45, 2.75) is 32.0 Å². The lowest BCUT2D eigenvalue weighted by molar-refractivity contribution is 0.0461. The van der Waals surface area contributed by atoms with E-state index in [1.807, 2.05) is 26.0 Å². The van der Waals surface area contributed by atoms with E-state index < -0.39 is 22.4 Å². The van der Waals surface area contributed by atoms with Crippen LogP contribution in [0.5, 0.6) is 40.2 Å². The molecule has 0 bridgehead atoms. The predicted octanol–water partition coefficient (Wildman–Crippen LogP) is 5.95. The second kappa shape index (κ2) is 9.96. The van der Waals surface area contributed by atoms with Crippen LogP contribution < -0.4 is 25.1 Å². The summed E-state index contributed by atoms with van der Waals surface area (Å²) in [5, 5.41) is 44.0. The van der Waals surface area contributed by atoms with E-state index in [9.17, 15) is 30.0 Å². The summed E-state index contributed by atoms with van der Waals surface area (Å²) in [5.74, 6) is 0.196. The van der Waals surface area contributed by atoms with Crippen LogP contribution in [0.3, 0.4) is 0 Å². The summed E-state index contributed by atoms with van der Waals surface area (Å²) in [5.41, 5.74) is -0.199. The second-order valence-corrected chi connectivity index (χ2v) is 13.4. The van der Waals surface area contributed by atoms with Crippen LogP contribution in [0.4, 0.5) is 0 Å². The van der Waals surface area contributed by atoms with Gasteiger partial charge in [0.15, 0.2) is 17.1 Å². The van der Waals surface area contributed by atoms with Gasteiger partial charge in [-0.25, -0.2) is 0 Å². The van der Waals surface area contributed by atoms with Crippen LogP contribution in [-0.4, -0.2) is 47.4 Å². The Balaban J connectivity index is 1.27. The third-order valence-electron chi connectivity index (χ3n) is 9.45. The molecule has 248 valence electrons. The molecule has 8 rings (SSSR count). The molecule has 2 aliphatic rings. The largest absolute Gasteiger partial charge is 0.507 e. The third-order valence-corrected chi connectivity index (χ3v) is 9.45. The smallest absolute Gasteiger partial charge is 0.201 e. The fraction of sp³-hybridized carbons (Fsp3) is 0.211. The minimum atomic E-state index is -1.08. The van der Waals surface area contributed by atoms with Gasteiger partial charge in [0.1, 0.15) is 41.0 Å². The number of aromatic hydroxyl groups is 4. The summed E-state index contributed by atoms with van der Waals surface area (Å²) in [6.45, 7) is 5.60. The Morgan fingerprint density at radius 2 is 1.41 bits per heavy atom. The van der Waals surface area contributed by atoms with Crippen molar-refractivity contribution in [3.8, 4) is 40.2 Å². The minimum absolute atomic E-state index is 0.00833. The van der Waals surface area contributed by atoms with Crippen LogP contribution in [0.2, 0.25) is 0 Å². The molecule has 0 spiro atoms. The average Bonchev–Trinajstić information content (AvgIpc) is 3.03. The van der Waals surface area contributed by atoms with Crippen molar-refractivity contribution in [2.24, 2.45) is 14.1 Å². The molecule has 0 amide bonds. The van der Waals surface area contributed by atoms with Crippen LogP contribution in [-0.2, 0) is 14.1 Å². The Bertz CT molecular complexity index is 2660. The highest BCUT2D eigenvalue weighted by molar-refractivity contribution is 6.05. The van der Waals surface area contributed by atoms with Gasteiger partial charge < -0.3 is 43.8 Å². The summed E-state index contributed by atoms with van der Waals surface area (Å²) in [6.07, 6.45) is 7.06. The molecule has 11 nitrogen and oxygen atoms in total. The van der Waals surface area contributed by atoms with Gasteiger partial charge in [-0.1, -0.05) is 6.07 Å². The molecule has 6 aromatic rings. The number of aromatic nitrogens is 2. The molecule has 2 aromatic heterocycles. The Hall–Kier alpha value is -6.10. The Morgan fingerprint density at radius 1 is 0.735 bits per heavy atom. The highest BCUT2D eigenvalue weighted by Gasteiger charge is 2.34. The molecule has 4 heterocycles. The van der Waals surface area contributed by atoms with Crippen molar-refractivity contribution in [3.05, 3.63) is 86.2 Å². The molecule has 0 unspecified atom stereocenters. The van der Waals surface area contributed by atoms with Gasteiger partial charge in [0, 0.05) is 37.4 Å². The molecule has 11 heteroatoms. The lowest BCUT2D eigenvalue weighted by Gasteiger charge is -2.34. The number of rotatable bonds is 2. The summed E-state index contributed by atoms with van der Waals surface area (Å²) in [4.78, 5) is 27.3. The van der Waals surface area contributed by atoms with Gasteiger partial charge in [-0.2, -0.15) is 0 Å². The van der Waals surface area contributed by atoms with Crippen LogP contribution in [0.1, 0.15) is 31.9 Å². The zero-order valence-electron chi connectivity index (χ0n) is 27.3. The quantitative estimate of drug-likeness (QED) is 0.165. The summed E-state index contributed by atoms with van der Waals surface area (Å²) < 4.78 is 22.3. The molecule has 1 atom stereocenters. The first kappa shape index (κ1) is 30.2. The normalized spacial score (nSPS) is 18.1. The van der Waals surface area contributed by atoms with E-state index in [-0.39, 0.29) is 62.0 Å². The van der Waals surface area contributed by atoms with E-state index in [2.05, 4.69) is 0 Å². The maximum Gasteiger partial charge on any atom is 0.201 e. The number of pyridine rings is 2. The predicted molar refractivity (Wildman–Crippen MR) is 187 cm³/mol. The molecule has 4 N–H and O–H groups in total. The van der Waals surface area contributed by atoms with Crippen molar-refractivity contribution in [1.29, 1.82) is 0 Å². The molecule has 0 saturated heterocycles. The molecule has 0 radical (unpaired) electrons. The molecule has 0 aliphatic carbocycles. The van der Waals surface area contributed by atoms with Crippen LogP contribution in [0.15, 0.2) is 64.2 Å². The van der Waals surface area contributed by atoms with Gasteiger partial charge in [-0.3, -0.25) is 9.59 Å². The fourth-order valence-corrected chi connectivity index (χ4v) is 7.15. The number of phenolic OH excluding ortho intramolecular Hbond substituents is 4. The third kappa shape index (κ3) is 4.28. The number of hydrogen-bond acceptors (Lipinski definition) is 9. The summed E-state index contributed by atoms with van der Waals surface area (Å²) in [6, 6.07) is 10.4. The van der Waals surface area contributed by atoms with Crippen molar-refractivity contribution < 1.29 is 34.6 Å². The van der Waals surface area contributed by atoms with E-state index in [0.717, 1.165) is 6.07 Å². The van der Waals surface area contributed by atoms with Crippen LogP contribution >= 0.6 is 0 Å². The van der Waals surface area contributed by atoms with E-state index in [1.54, 1.807) is 66.6 Å². The molecular formula is C38H32N2O9. The topological polar surface area (TPSA) is 153 Å². The summed E-state index contributed by atoms with van der Waals surface area (Å²) >= 11 is 0. The van der Waals surface area contributed by atoms with Crippen LogP contribution in [0, 0.1) is 0 Å². The molecule has 0 saturated carbocycles. The van der Waals surface area contributed by atoms with E-state index >= 15 is 0 Å². The Morgan fingerprint density at radius 3 is 2.16 bits per heavy atom. The Labute approximate surface area is 278 Å². The molecule has 4 aromatic carbocycles. The van der Waals surface area contributed by atoms with Gasteiger partial charge in [-0.15, -0.1) is 0 Å². The van der Waals surface area contributed by atoms with Gasteiger partial charge in [-0.05, 0) is 69.3 Å². The van der Waals surface area contributed by atoms with Crippen molar-refractivity contribution >= 4 is 55.8 Å². The first-order valence-corrected chi connectivity index (χ1v) is 15.6. The molecular weight excluding hydrogens is 628 g/mol. The molecule has 0 fully saturated rings. The number of nitrogens with zero attached hydrogens (tertiary/aromatic N) is 2. The van der Waals surface area contributed by atoms with E-state index in [4.69, 9.17) is 14.2 Å². The van der Waals surface area contributed by atoms with E-state index in [0.29, 0.717) is 39.2 Å². The maximum atomic E-state index is 13.8. The number of aryl methyl sites for hydroxylation is 2. The highest BCUT2D eigenvalue weighted by atomic mass is 16.6. The minimum Gasteiger partial charge on any atom is -0.507 e. The molecule has 2 aliphatic heterocycles. The van der Waals surface area contributed by atoms with Gasteiger partial charge >= 0.3 is 0 Å². The van der Waals surface area contributed by atoms with Crippen molar-refractivity contribution in [2.75, 3.05) is 6.61 Å². The number of para-hydroxylation sites is 1. The van der Waals surface area contributed by atoms with Crippen LogP contribution in [0.25, 0.3) is 55.8 Å². The van der Waals surface area contributed by atoms with Gasteiger partial charge in [0.2, 0.25) is 10.9 Å². The lowest BCUT2D eigenvalue weighted by Crippen LogP contribution is -2.40. The van der Waals surface area contributed by atoms with Crippen molar-refractivity contribution in [1.82, 2.24) is 9.13 Å². The van der Waals surface area contributed by atoms with E-state index in [1.165, 1.54) is 12.1 Å². The van der Waals surface area contributed by atoms with Gasteiger partial charge in [0.05, 0.1) is 43.6 Å². The highest BCUT2D eigenvalue weighted by Crippen LogP contribution is 2.45. The zero-order valence-corrected chi connectivity index (χ0v) is 27.3. The number of hydrogen-bond donors (Lipinski definition) is 4. The van der Waals surface area contributed by atoms with Gasteiger partial charge in [0.25, 0.3) is 0 Å². The first-order valence-electron chi connectivity index (χ1n) is 15.6. The van der Waals surface area contributed by atoms with Crippen molar-refractivity contribution in [3.63, 3.8) is 0 Å². The fourth-order valence-electron chi connectivity index (χ4n) is 7.15. The zero-order chi connectivity index (χ0) is 34.7.